The fourth-order valence-corrected chi connectivity index (χ4v) is 4.59. The molecule has 2 aromatic rings. The topological polar surface area (TPSA) is 46.9 Å². The van der Waals surface area contributed by atoms with Crippen molar-refractivity contribution in [3.63, 3.8) is 0 Å². The number of rotatable bonds is 18. The van der Waals surface area contributed by atoms with Gasteiger partial charge in [0.15, 0.2) is 0 Å². The first-order valence-corrected chi connectivity index (χ1v) is 13.4. The van der Waals surface area contributed by atoms with Gasteiger partial charge in [-0.05, 0) is 37.8 Å². The van der Waals surface area contributed by atoms with Gasteiger partial charge >= 0.3 is 0 Å². The van der Waals surface area contributed by atoms with E-state index in [9.17, 15) is 4.79 Å². The molecule has 4 heteroatoms. The molecule has 1 heterocycles. The molecular weight excluding hydrogens is 394 g/mol. The number of imidazole rings is 1. The van der Waals surface area contributed by atoms with Gasteiger partial charge in [0.05, 0.1) is 11.0 Å². The number of unbranched alkanes of at least 4 members (excludes halogenated alkanes) is 9. The molecule has 1 amide bonds. The Morgan fingerprint density at radius 3 is 2.16 bits per heavy atom. The average molecular weight is 442 g/mol. The Balaban J connectivity index is 1.76. The Labute approximate surface area is 196 Å². The minimum absolute atomic E-state index is 0.149. The molecular formula is C28H47N3O. The van der Waals surface area contributed by atoms with E-state index in [0.29, 0.717) is 0 Å². The Bertz CT molecular complexity index is 763. The second kappa shape index (κ2) is 15.9. The number of hydrogen-bond donors (Lipinski definition) is 1. The van der Waals surface area contributed by atoms with E-state index in [2.05, 4.69) is 54.9 Å². The lowest BCUT2D eigenvalue weighted by molar-refractivity contribution is -0.125. The van der Waals surface area contributed by atoms with Crippen LogP contribution in [0.2, 0.25) is 0 Å². The van der Waals surface area contributed by atoms with Crippen LogP contribution in [0.1, 0.15) is 110 Å². The van der Waals surface area contributed by atoms with Gasteiger partial charge in [-0.1, -0.05) is 90.7 Å². The highest BCUT2D eigenvalue weighted by Crippen LogP contribution is 2.19. The average Bonchev–Trinajstić information content (AvgIpc) is 3.16. The zero-order chi connectivity index (χ0) is 23.0. The van der Waals surface area contributed by atoms with Crippen LogP contribution in [0.5, 0.6) is 0 Å². The van der Waals surface area contributed by atoms with Crippen LogP contribution in [0, 0.1) is 5.92 Å². The zero-order valence-electron chi connectivity index (χ0n) is 21.0. The van der Waals surface area contributed by atoms with Crippen molar-refractivity contribution in [2.45, 2.75) is 117 Å². The first kappa shape index (κ1) is 26.4. The van der Waals surface area contributed by atoms with Crippen molar-refractivity contribution in [3.8, 4) is 0 Å². The Morgan fingerprint density at radius 2 is 1.50 bits per heavy atom. The van der Waals surface area contributed by atoms with Gasteiger partial charge in [0, 0.05) is 25.4 Å². The van der Waals surface area contributed by atoms with Crippen LogP contribution in [-0.2, 0) is 17.8 Å². The van der Waals surface area contributed by atoms with Crippen LogP contribution in [0.25, 0.3) is 11.0 Å². The van der Waals surface area contributed by atoms with Gasteiger partial charge in [0.2, 0.25) is 5.91 Å². The van der Waals surface area contributed by atoms with E-state index >= 15 is 0 Å². The van der Waals surface area contributed by atoms with Gasteiger partial charge in [-0.25, -0.2) is 4.98 Å². The van der Waals surface area contributed by atoms with Crippen molar-refractivity contribution in [1.29, 1.82) is 0 Å². The van der Waals surface area contributed by atoms with E-state index in [-0.39, 0.29) is 11.8 Å². The Hall–Kier alpha value is -1.84. The maximum absolute atomic E-state index is 12.2. The van der Waals surface area contributed by atoms with E-state index in [1.165, 1.54) is 75.5 Å². The van der Waals surface area contributed by atoms with Crippen molar-refractivity contribution in [3.05, 3.63) is 30.1 Å². The second-order valence-corrected chi connectivity index (χ2v) is 9.26. The molecule has 0 atom stereocenters. The molecule has 1 aromatic heterocycles. The van der Waals surface area contributed by atoms with Crippen molar-refractivity contribution in [1.82, 2.24) is 14.9 Å². The summed E-state index contributed by atoms with van der Waals surface area (Å²) in [6, 6.07) is 8.48. The number of benzene rings is 1. The number of carbonyl (C=O) groups is 1. The molecule has 1 N–H and O–H groups in total. The lowest BCUT2D eigenvalue weighted by Gasteiger charge is -2.13. The molecule has 180 valence electrons. The van der Waals surface area contributed by atoms with Crippen LogP contribution in [0.3, 0.4) is 0 Å². The SMILES string of the molecule is CCCCCCCCCCCCn1c(CCCNC(=O)C(CC)CC)nc2ccccc21. The number of amides is 1. The summed E-state index contributed by atoms with van der Waals surface area (Å²) in [7, 11) is 0. The monoisotopic (exact) mass is 441 g/mol. The molecule has 0 fully saturated rings. The summed E-state index contributed by atoms with van der Waals surface area (Å²) < 4.78 is 2.42. The van der Waals surface area contributed by atoms with Crippen molar-refractivity contribution >= 4 is 16.9 Å². The largest absolute Gasteiger partial charge is 0.356 e. The summed E-state index contributed by atoms with van der Waals surface area (Å²) in [6.07, 6.45) is 17.3. The molecule has 0 saturated carbocycles. The minimum Gasteiger partial charge on any atom is -0.356 e. The molecule has 0 radical (unpaired) electrons. The maximum atomic E-state index is 12.2. The quantitative estimate of drug-likeness (QED) is 0.244. The molecule has 2 rings (SSSR count). The predicted octanol–water partition coefficient (Wildman–Crippen LogP) is 7.44. The predicted molar refractivity (Wildman–Crippen MR) is 137 cm³/mol. The van der Waals surface area contributed by atoms with Crippen molar-refractivity contribution in [2.24, 2.45) is 5.92 Å². The van der Waals surface area contributed by atoms with Crippen LogP contribution in [-0.4, -0.2) is 22.0 Å². The molecule has 0 aliphatic rings. The van der Waals surface area contributed by atoms with E-state index in [1.54, 1.807) is 0 Å². The van der Waals surface area contributed by atoms with Crippen LogP contribution in [0.4, 0.5) is 0 Å². The lowest BCUT2D eigenvalue weighted by Crippen LogP contribution is -2.31. The summed E-state index contributed by atoms with van der Waals surface area (Å²) in [6.45, 7) is 8.23. The Morgan fingerprint density at radius 1 is 0.875 bits per heavy atom. The van der Waals surface area contributed by atoms with Gasteiger partial charge in [-0.15, -0.1) is 0 Å². The minimum atomic E-state index is 0.149. The fourth-order valence-electron chi connectivity index (χ4n) is 4.59. The highest BCUT2D eigenvalue weighted by Gasteiger charge is 2.14. The molecule has 32 heavy (non-hydrogen) atoms. The molecule has 0 saturated heterocycles. The number of aryl methyl sites for hydroxylation is 2. The van der Waals surface area contributed by atoms with E-state index < -0.39 is 0 Å². The van der Waals surface area contributed by atoms with Gasteiger partial charge in [0.25, 0.3) is 0 Å². The highest BCUT2D eigenvalue weighted by molar-refractivity contribution is 5.78. The van der Waals surface area contributed by atoms with Crippen LogP contribution in [0.15, 0.2) is 24.3 Å². The summed E-state index contributed by atoms with van der Waals surface area (Å²) in [4.78, 5) is 17.1. The zero-order valence-corrected chi connectivity index (χ0v) is 21.0. The van der Waals surface area contributed by atoms with Crippen LogP contribution >= 0.6 is 0 Å². The number of carbonyl (C=O) groups excluding carboxylic acids is 1. The Kier molecular flexibility index (Phi) is 13.1. The number of hydrogen-bond acceptors (Lipinski definition) is 2. The van der Waals surface area contributed by atoms with Crippen molar-refractivity contribution < 1.29 is 4.79 Å². The third-order valence-corrected chi connectivity index (χ3v) is 6.70. The molecule has 0 spiro atoms. The number of nitrogens with one attached hydrogen (secondary N) is 1. The molecule has 4 nitrogen and oxygen atoms in total. The van der Waals surface area contributed by atoms with E-state index in [0.717, 1.165) is 44.3 Å². The fraction of sp³-hybridized carbons (Fsp3) is 0.714. The second-order valence-electron chi connectivity index (χ2n) is 9.26. The smallest absolute Gasteiger partial charge is 0.223 e. The third-order valence-electron chi connectivity index (χ3n) is 6.70. The third kappa shape index (κ3) is 8.96. The number of aromatic nitrogens is 2. The summed E-state index contributed by atoms with van der Waals surface area (Å²) in [5, 5.41) is 3.12. The lowest BCUT2D eigenvalue weighted by atomic mass is 10.0. The van der Waals surface area contributed by atoms with Crippen molar-refractivity contribution in [2.75, 3.05) is 6.54 Å². The molecule has 0 aliphatic heterocycles. The first-order chi connectivity index (χ1) is 15.7. The first-order valence-electron chi connectivity index (χ1n) is 13.4. The van der Waals surface area contributed by atoms with Gasteiger partial charge < -0.3 is 9.88 Å². The summed E-state index contributed by atoms with van der Waals surface area (Å²) >= 11 is 0. The van der Waals surface area contributed by atoms with Gasteiger partial charge in [-0.2, -0.15) is 0 Å². The summed E-state index contributed by atoms with van der Waals surface area (Å²) in [5.74, 6) is 1.52. The molecule has 1 aromatic carbocycles. The molecule has 0 aliphatic carbocycles. The molecule has 0 bridgehead atoms. The van der Waals surface area contributed by atoms with E-state index in [4.69, 9.17) is 4.98 Å². The number of fused-ring (bicyclic) bond motifs is 1. The standard InChI is InChI=1S/C28H47N3O/c1-4-7-8-9-10-11-12-13-14-17-23-31-26-20-16-15-19-25(26)30-27(31)21-18-22-29-28(32)24(5-2)6-3/h15-16,19-20,24H,4-14,17-18,21-23H2,1-3H3,(H,29,32). The van der Waals surface area contributed by atoms with Gasteiger partial charge in [-0.3, -0.25) is 4.79 Å². The highest BCUT2D eigenvalue weighted by atomic mass is 16.1. The van der Waals surface area contributed by atoms with Crippen LogP contribution < -0.4 is 5.32 Å². The number of nitrogens with zero attached hydrogens (tertiary/aromatic N) is 2. The van der Waals surface area contributed by atoms with Gasteiger partial charge in [0.1, 0.15) is 5.82 Å². The summed E-state index contributed by atoms with van der Waals surface area (Å²) in [5.41, 5.74) is 2.34. The van der Waals surface area contributed by atoms with E-state index in [1.807, 2.05) is 0 Å². The molecule has 0 unspecified atom stereocenters. The number of para-hydroxylation sites is 2. The maximum Gasteiger partial charge on any atom is 0.223 e. The normalized spacial score (nSPS) is 11.5.